The van der Waals surface area contributed by atoms with Crippen LogP contribution in [0.4, 0.5) is 9.59 Å². The molecule has 15 heteroatoms. The van der Waals surface area contributed by atoms with Crippen LogP contribution in [0.2, 0.25) is 5.15 Å². The number of ether oxygens (including phenoxy) is 2. The first-order chi connectivity index (χ1) is 29.3. The maximum Gasteiger partial charge on any atom is 0.407 e. The fourth-order valence-electron chi connectivity index (χ4n) is 9.16. The van der Waals surface area contributed by atoms with Crippen molar-refractivity contribution in [3.8, 4) is 33.6 Å². The molecule has 2 aliphatic carbocycles. The van der Waals surface area contributed by atoms with Gasteiger partial charge < -0.3 is 39.9 Å². The van der Waals surface area contributed by atoms with Crippen molar-refractivity contribution in [2.45, 2.75) is 83.2 Å². The first-order valence-electron chi connectivity index (χ1n) is 20.8. The van der Waals surface area contributed by atoms with Gasteiger partial charge in [0, 0.05) is 17.2 Å². The van der Waals surface area contributed by atoms with Crippen LogP contribution in [0.5, 0.6) is 0 Å². The number of likely N-dealkylation sites (tertiary alicyclic amines) is 2. The maximum absolute atomic E-state index is 13.8. The minimum Gasteiger partial charge on any atom is -0.453 e. The number of rotatable bonds is 11. The Morgan fingerprint density at radius 2 is 1.33 bits per heavy atom. The molecule has 1 saturated carbocycles. The molecular weight excluding hydrogens is 796 g/mol. The number of imidazole rings is 2. The number of fused-ring (bicyclic) bond motifs is 3. The molecule has 9 rings (SSSR count). The minimum absolute atomic E-state index is 0.0865. The molecule has 4 amide bonds. The Kier molecular flexibility index (Phi) is 10.4. The molecule has 5 aromatic rings. The van der Waals surface area contributed by atoms with Crippen molar-refractivity contribution in [3.05, 3.63) is 95.3 Å². The standard InChI is InChI=1S/C46H49ClN8O6/c1-22(2)37(51-45(58)60-5)43(56)54-33-17-30(33)19-35(54)41-48-21-32(49-41)29-14-13-27-15-26(11-12-28(27)16-29)24-7-9-25(10-8-24)39-40(47)53-42(50-39)36-20-31-18-34(31)55(36)44(57)38(23(3)4)52-46(59)61-6/h7-16,18,21-23,30,33-38H,17,19-20H2,1-6H3,(H,48,49)(H,50,53)(H,51,58)(H,52,59)/t30-,33-,34-,35+,36+,37+,38+/m1/s1. The molecule has 316 valence electrons. The van der Waals surface area contributed by atoms with Gasteiger partial charge in [-0.15, -0.1) is 0 Å². The predicted molar refractivity (Wildman–Crippen MR) is 230 cm³/mol. The van der Waals surface area contributed by atoms with Crippen LogP contribution in [0.25, 0.3) is 44.4 Å². The molecular formula is C46H49ClN8O6. The highest BCUT2D eigenvalue weighted by atomic mass is 35.5. The van der Waals surface area contributed by atoms with E-state index in [4.69, 9.17) is 31.0 Å². The monoisotopic (exact) mass is 844 g/mol. The largest absolute Gasteiger partial charge is 0.453 e. The summed E-state index contributed by atoms with van der Waals surface area (Å²) < 4.78 is 9.59. The number of piperidine rings is 1. The molecule has 0 spiro atoms. The third kappa shape index (κ3) is 7.51. The van der Waals surface area contributed by atoms with E-state index >= 15 is 0 Å². The first-order valence-corrected chi connectivity index (χ1v) is 21.2. The second-order valence-corrected chi connectivity index (χ2v) is 17.6. The lowest BCUT2D eigenvalue weighted by Crippen LogP contribution is -2.52. The quantitative estimate of drug-likeness (QED) is 0.0970. The smallest absolute Gasteiger partial charge is 0.407 e. The summed E-state index contributed by atoms with van der Waals surface area (Å²) in [6.45, 7) is 7.61. The predicted octanol–water partition coefficient (Wildman–Crippen LogP) is 7.95. The van der Waals surface area contributed by atoms with Crippen molar-refractivity contribution in [1.29, 1.82) is 0 Å². The molecule has 4 heterocycles. The lowest BCUT2D eigenvalue weighted by Gasteiger charge is -2.31. The number of amides is 4. The van der Waals surface area contributed by atoms with Crippen LogP contribution >= 0.6 is 11.6 Å². The Morgan fingerprint density at radius 1 is 0.738 bits per heavy atom. The third-order valence-corrected chi connectivity index (χ3v) is 12.9. The van der Waals surface area contributed by atoms with Crippen molar-refractivity contribution in [3.63, 3.8) is 0 Å². The number of methoxy groups -OCH3 is 2. The van der Waals surface area contributed by atoms with E-state index in [2.05, 4.69) is 75.2 Å². The van der Waals surface area contributed by atoms with Crippen LogP contribution in [-0.4, -0.2) is 92.1 Å². The van der Waals surface area contributed by atoms with Crippen molar-refractivity contribution in [2.24, 2.45) is 17.8 Å². The molecule has 2 aliphatic heterocycles. The Morgan fingerprint density at radius 3 is 1.97 bits per heavy atom. The number of aromatic amines is 2. The van der Waals surface area contributed by atoms with Gasteiger partial charge in [-0.1, -0.05) is 93.9 Å². The van der Waals surface area contributed by atoms with E-state index in [0.29, 0.717) is 29.0 Å². The van der Waals surface area contributed by atoms with Crippen LogP contribution in [-0.2, 0) is 19.1 Å². The SMILES string of the molecule is COC(=O)N[C@H](C(=O)N1[C@@H]2C=C2C[C@H]1c1nc(-c2ccc(-c3ccc4cc(-c5cnc([C@@H]6C[C@H]7C[C@H]7N6C(=O)[C@@H](NC(=O)OC)C(C)C)[nH]5)ccc4c3)cc2)c(Cl)[nH]1)C(C)C. The molecule has 61 heavy (non-hydrogen) atoms. The zero-order chi connectivity index (χ0) is 42.9. The number of nitrogens with zero attached hydrogens (tertiary/aromatic N) is 4. The van der Waals surface area contributed by atoms with Gasteiger partial charge in [0.2, 0.25) is 11.8 Å². The van der Waals surface area contributed by atoms with Crippen LogP contribution in [0.3, 0.4) is 0 Å². The molecule has 14 nitrogen and oxygen atoms in total. The molecule has 0 radical (unpaired) electrons. The summed E-state index contributed by atoms with van der Waals surface area (Å²) in [7, 11) is 2.58. The fourth-order valence-corrected chi connectivity index (χ4v) is 9.41. The van der Waals surface area contributed by atoms with Gasteiger partial charge in [0.15, 0.2) is 0 Å². The number of alkyl carbamates (subject to hydrolysis) is 2. The molecule has 3 aromatic carbocycles. The lowest BCUT2D eigenvalue weighted by atomic mass is 9.98. The van der Waals surface area contributed by atoms with Gasteiger partial charge in [-0.3, -0.25) is 9.59 Å². The van der Waals surface area contributed by atoms with Crippen molar-refractivity contribution < 1.29 is 28.7 Å². The highest BCUT2D eigenvalue weighted by molar-refractivity contribution is 6.32. The number of hydrogen-bond acceptors (Lipinski definition) is 8. The molecule has 0 unspecified atom stereocenters. The summed E-state index contributed by atoms with van der Waals surface area (Å²) in [5.74, 6) is 1.24. The van der Waals surface area contributed by atoms with E-state index in [1.165, 1.54) is 19.8 Å². The topological polar surface area (TPSA) is 175 Å². The number of nitrogens with one attached hydrogen (secondary N) is 4. The molecule has 0 bridgehead atoms. The Bertz CT molecular complexity index is 2580. The normalized spacial score (nSPS) is 22.1. The summed E-state index contributed by atoms with van der Waals surface area (Å²) in [5.41, 5.74) is 6.57. The van der Waals surface area contributed by atoms with Crippen molar-refractivity contribution in [2.75, 3.05) is 14.2 Å². The lowest BCUT2D eigenvalue weighted by molar-refractivity contribution is -0.137. The second kappa shape index (κ2) is 15.7. The molecule has 7 atom stereocenters. The Hall–Kier alpha value is -6.15. The first kappa shape index (κ1) is 40.3. The number of H-pyrrole nitrogens is 2. The highest BCUT2D eigenvalue weighted by Crippen LogP contribution is 2.53. The van der Waals surface area contributed by atoms with Crippen LogP contribution in [0.1, 0.15) is 70.7 Å². The van der Waals surface area contributed by atoms with E-state index in [1.54, 1.807) is 4.90 Å². The van der Waals surface area contributed by atoms with Crippen molar-refractivity contribution >= 4 is 46.4 Å². The number of benzene rings is 3. The average Bonchev–Trinajstić information content (AvgIpc) is 3.90. The van der Waals surface area contributed by atoms with Gasteiger partial charge in [-0.2, -0.15) is 0 Å². The minimum atomic E-state index is -0.746. The van der Waals surface area contributed by atoms with Gasteiger partial charge in [-0.05, 0) is 76.6 Å². The van der Waals surface area contributed by atoms with Crippen molar-refractivity contribution in [1.82, 2.24) is 40.4 Å². The number of halogens is 1. The Balaban J connectivity index is 0.894. The van der Waals surface area contributed by atoms with E-state index < -0.39 is 24.3 Å². The number of hydrogen-bond donors (Lipinski definition) is 4. The van der Waals surface area contributed by atoms with Gasteiger partial charge >= 0.3 is 12.2 Å². The fraction of sp³-hybridized carbons (Fsp3) is 0.391. The van der Waals surface area contributed by atoms with Crippen LogP contribution < -0.4 is 10.6 Å². The van der Waals surface area contributed by atoms with E-state index in [9.17, 15) is 19.2 Å². The summed E-state index contributed by atoms with van der Waals surface area (Å²) in [4.78, 5) is 71.9. The van der Waals surface area contributed by atoms with Gasteiger partial charge in [-0.25, -0.2) is 19.6 Å². The van der Waals surface area contributed by atoms with E-state index in [-0.39, 0.29) is 47.8 Å². The average molecular weight is 845 g/mol. The number of aromatic nitrogens is 4. The van der Waals surface area contributed by atoms with Crippen LogP contribution in [0.15, 0.2) is 78.5 Å². The number of carbonyl (C=O) groups excluding carboxylic acids is 4. The zero-order valence-electron chi connectivity index (χ0n) is 34.9. The van der Waals surface area contributed by atoms with Gasteiger partial charge in [0.25, 0.3) is 0 Å². The highest BCUT2D eigenvalue weighted by Gasteiger charge is 2.56. The summed E-state index contributed by atoms with van der Waals surface area (Å²) >= 11 is 6.77. The Labute approximate surface area is 358 Å². The van der Waals surface area contributed by atoms with Gasteiger partial charge in [0.1, 0.15) is 34.6 Å². The third-order valence-electron chi connectivity index (χ3n) is 12.7. The second-order valence-electron chi connectivity index (χ2n) is 17.2. The molecule has 2 saturated heterocycles. The maximum atomic E-state index is 13.8. The van der Waals surface area contributed by atoms with E-state index in [0.717, 1.165) is 57.4 Å². The van der Waals surface area contributed by atoms with E-state index in [1.807, 2.05) is 50.9 Å². The molecule has 3 fully saturated rings. The van der Waals surface area contributed by atoms with Gasteiger partial charge in [0.05, 0.1) is 44.2 Å². The number of carbonyl (C=O) groups is 4. The molecule has 2 aromatic heterocycles. The summed E-state index contributed by atoms with van der Waals surface area (Å²) in [5, 5.41) is 7.99. The van der Waals surface area contributed by atoms with Crippen LogP contribution in [0, 0.1) is 17.8 Å². The summed E-state index contributed by atoms with van der Waals surface area (Å²) in [6.07, 6.45) is 5.08. The zero-order valence-corrected chi connectivity index (χ0v) is 35.6. The summed E-state index contributed by atoms with van der Waals surface area (Å²) in [6, 6.07) is 18.9. The molecule has 4 N–H and O–H groups in total. The molecule has 4 aliphatic rings.